The number of carboxylic acids is 1. The van der Waals surface area contributed by atoms with Gasteiger partial charge in [-0.15, -0.1) is 11.3 Å². The molecule has 3 aromatic heterocycles. The standard InChI is InChI=1S/C15H16N6O2S/c22-15(23)11-8-24-13(19-11)4-10-2-1-3-20(7-10)14-6-16-5-12-17-9-18-21(12)14/h5-6,8-10H,1-4,7H2,(H,22,23). The average Bonchev–Trinajstić information content (AvgIpc) is 3.23. The minimum absolute atomic E-state index is 0.138. The van der Waals surface area contributed by atoms with Gasteiger partial charge in [0.05, 0.1) is 17.4 Å². The zero-order chi connectivity index (χ0) is 16.5. The number of carbonyl (C=O) groups is 1. The fraction of sp³-hybridized carbons (Fsp3) is 0.400. The molecule has 0 saturated carbocycles. The number of nitrogens with zero attached hydrogens (tertiary/aromatic N) is 6. The molecule has 0 bridgehead atoms. The molecular weight excluding hydrogens is 328 g/mol. The molecule has 4 heterocycles. The van der Waals surface area contributed by atoms with Crippen LogP contribution in [0.5, 0.6) is 0 Å². The van der Waals surface area contributed by atoms with Crippen molar-refractivity contribution in [2.24, 2.45) is 5.92 Å². The summed E-state index contributed by atoms with van der Waals surface area (Å²) in [7, 11) is 0. The van der Waals surface area contributed by atoms with Crippen molar-refractivity contribution in [3.05, 3.63) is 34.8 Å². The second-order valence-electron chi connectivity index (χ2n) is 5.89. The van der Waals surface area contributed by atoms with E-state index >= 15 is 0 Å². The predicted molar refractivity (Wildman–Crippen MR) is 88.5 cm³/mol. The third-order valence-corrected chi connectivity index (χ3v) is 5.12. The van der Waals surface area contributed by atoms with Gasteiger partial charge in [0.1, 0.15) is 6.33 Å². The first-order chi connectivity index (χ1) is 11.7. The number of thiazole rings is 1. The second kappa shape index (κ2) is 6.16. The first-order valence-electron chi connectivity index (χ1n) is 7.77. The highest BCUT2D eigenvalue weighted by atomic mass is 32.1. The quantitative estimate of drug-likeness (QED) is 0.770. The molecule has 0 amide bonds. The Balaban J connectivity index is 1.51. The summed E-state index contributed by atoms with van der Waals surface area (Å²) in [5.74, 6) is 0.414. The Morgan fingerprint density at radius 1 is 1.42 bits per heavy atom. The van der Waals surface area contributed by atoms with Crippen molar-refractivity contribution in [1.29, 1.82) is 0 Å². The van der Waals surface area contributed by atoms with Gasteiger partial charge in [-0.25, -0.2) is 14.8 Å². The van der Waals surface area contributed by atoms with Gasteiger partial charge in [0, 0.05) is 24.9 Å². The number of aromatic carboxylic acids is 1. The molecule has 3 aromatic rings. The summed E-state index contributed by atoms with van der Waals surface area (Å²) < 4.78 is 1.81. The molecular formula is C15H16N6O2S. The smallest absolute Gasteiger partial charge is 0.355 e. The van der Waals surface area contributed by atoms with Crippen molar-refractivity contribution < 1.29 is 9.90 Å². The van der Waals surface area contributed by atoms with Gasteiger partial charge in [-0.2, -0.15) is 9.61 Å². The lowest BCUT2D eigenvalue weighted by Gasteiger charge is -2.33. The van der Waals surface area contributed by atoms with E-state index in [0.29, 0.717) is 5.92 Å². The molecule has 9 heteroatoms. The van der Waals surface area contributed by atoms with E-state index in [1.807, 2.05) is 6.20 Å². The molecule has 1 atom stereocenters. The van der Waals surface area contributed by atoms with Crippen LogP contribution in [-0.2, 0) is 6.42 Å². The molecule has 24 heavy (non-hydrogen) atoms. The number of aromatic nitrogens is 5. The van der Waals surface area contributed by atoms with Gasteiger partial charge in [0.2, 0.25) is 0 Å². The highest BCUT2D eigenvalue weighted by Crippen LogP contribution is 2.26. The second-order valence-corrected chi connectivity index (χ2v) is 6.83. The maximum absolute atomic E-state index is 11.0. The summed E-state index contributed by atoms with van der Waals surface area (Å²) in [6.45, 7) is 1.83. The first kappa shape index (κ1) is 15.0. The molecule has 1 aliphatic rings. The zero-order valence-corrected chi connectivity index (χ0v) is 13.7. The molecule has 124 valence electrons. The van der Waals surface area contributed by atoms with Gasteiger partial charge in [-0.1, -0.05) is 0 Å². The van der Waals surface area contributed by atoms with Crippen molar-refractivity contribution in [1.82, 2.24) is 24.6 Å². The van der Waals surface area contributed by atoms with Crippen LogP contribution < -0.4 is 4.90 Å². The maximum Gasteiger partial charge on any atom is 0.355 e. The molecule has 0 aliphatic carbocycles. The van der Waals surface area contributed by atoms with Crippen LogP contribution in [0.2, 0.25) is 0 Å². The van der Waals surface area contributed by atoms with Crippen molar-refractivity contribution in [2.75, 3.05) is 18.0 Å². The number of anilines is 1. The summed E-state index contributed by atoms with van der Waals surface area (Å²) in [6, 6.07) is 0. The summed E-state index contributed by atoms with van der Waals surface area (Å²) in [5, 5.41) is 15.8. The minimum Gasteiger partial charge on any atom is -0.476 e. The number of fused-ring (bicyclic) bond motifs is 1. The first-order valence-corrected chi connectivity index (χ1v) is 8.65. The summed E-state index contributed by atoms with van der Waals surface area (Å²) in [5.41, 5.74) is 0.875. The Bertz CT molecular complexity index is 876. The van der Waals surface area contributed by atoms with Gasteiger partial charge >= 0.3 is 5.97 Å². The number of rotatable bonds is 4. The van der Waals surface area contributed by atoms with E-state index in [2.05, 4.69) is 25.0 Å². The van der Waals surface area contributed by atoms with Crippen LogP contribution in [0.3, 0.4) is 0 Å². The summed E-state index contributed by atoms with van der Waals surface area (Å²) in [6.07, 6.45) is 8.03. The van der Waals surface area contributed by atoms with Gasteiger partial charge in [-0.3, -0.25) is 4.98 Å². The Morgan fingerprint density at radius 2 is 2.33 bits per heavy atom. The predicted octanol–water partition coefficient (Wildman–Crippen LogP) is 1.74. The van der Waals surface area contributed by atoms with Gasteiger partial charge in [0.15, 0.2) is 17.2 Å². The van der Waals surface area contributed by atoms with E-state index in [0.717, 1.165) is 48.8 Å². The molecule has 1 fully saturated rings. The topological polar surface area (TPSA) is 96.5 Å². The Kier molecular flexibility index (Phi) is 3.85. The van der Waals surface area contributed by atoms with Crippen molar-refractivity contribution >= 4 is 28.8 Å². The minimum atomic E-state index is -0.966. The fourth-order valence-electron chi connectivity index (χ4n) is 3.15. The van der Waals surface area contributed by atoms with Gasteiger partial charge in [0.25, 0.3) is 0 Å². The largest absolute Gasteiger partial charge is 0.476 e. The van der Waals surface area contributed by atoms with E-state index in [1.165, 1.54) is 17.7 Å². The lowest BCUT2D eigenvalue weighted by atomic mass is 9.95. The summed E-state index contributed by atoms with van der Waals surface area (Å²) >= 11 is 1.42. The highest BCUT2D eigenvalue weighted by Gasteiger charge is 2.24. The maximum atomic E-state index is 11.0. The molecule has 1 unspecified atom stereocenters. The lowest BCUT2D eigenvalue weighted by molar-refractivity contribution is 0.0691. The third-order valence-electron chi connectivity index (χ3n) is 4.25. The molecule has 0 spiro atoms. The number of piperidine rings is 1. The fourth-order valence-corrected chi connectivity index (χ4v) is 4.03. The monoisotopic (exact) mass is 344 g/mol. The van der Waals surface area contributed by atoms with E-state index in [1.54, 1.807) is 16.1 Å². The van der Waals surface area contributed by atoms with Crippen LogP contribution in [0.1, 0.15) is 28.3 Å². The van der Waals surface area contributed by atoms with E-state index in [4.69, 9.17) is 5.11 Å². The van der Waals surface area contributed by atoms with Crippen molar-refractivity contribution in [3.8, 4) is 0 Å². The van der Waals surface area contributed by atoms with Crippen molar-refractivity contribution in [3.63, 3.8) is 0 Å². The van der Waals surface area contributed by atoms with Gasteiger partial charge in [-0.05, 0) is 18.8 Å². The zero-order valence-electron chi connectivity index (χ0n) is 12.9. The van der Waals surface area contributed by atoms with Crippen LogP contribution in [0.15, 0.2) is 24.1 Å². The Hall–Kier alpha value is -2.55. The number of hydrogen-bond acceptors (Lipinski definition) is 7. The van der Waals surface area contributed by atoms with Gasteiger partial charge < -0.3 is 10.0 Å². The molecule has 1 N–H and O–H groups in total. The van der Waals surface area contributed by atoms with E-state index in [-0.39, 0.29) is 5.69 Å². The average molecular weight is 344 g/mol. The Morgan fingerprint density at radius 3 is 3.17 bits per heavy atom. The van der Waals surface area contributed by atoms with Crippen LogP contribution in [-0.4, -0.2) is 48.7 Å². The molecule has 1 saturated heterocycles. The lowest BCUT2D eigenvalue weighted by Crippen LogP contribution is -2.37. The van der Waals surface area contributed by atoms with Crippen LogP contribution in [0, 0.1) is 5.92 Å². The summed E-state index contributed by atoms with van der Waals surface area (Å²) in [4.78, 5) is 25.9. The third kappa shape index (κ3) is 2.82. The number of hydrogen-bond donors (Lipinski definition) is 1. The molecule has 8 nitrogen and oxygen atoms in total. The molecule has 1 aliphatic heterocycles. The van der Waals surface area contributed by atoms with Crippen molar-refractivity contribution in [2.45, 2.75) is 19.3 Å². The van der Waals surface area contributed by atoms with E-state index < -0.39 is 5.97 Å². The van der Waals surface area contributed by atoms with Crippen LogP contribution in [0.4, 0.5) is 5.82 Å². The van der Waals surface area contributed by atoms with Crippen LogP contribution >= 0.6 is 11.3 Å². The molecule has 0 radical (unpaired) electrons. The van der Waals surface area contributed by atoms with E-state index in [9.17, 15) is 4.79 Å². The normalized spacial score (nSPS) is 18.2. The highest BCUT2D eigenvalue weighted by molar-refractivity contribution is 7.09. The SMILES string of the molecule is O=C(O)c1csc(CC2CCCN(c3cncc4ncnn34)C2)n1. The molecule has 4 rings (SSSR count). The van der Waals surface area contributed by atoms with Crippen LogP contribution in [0.25, 0.3) is 5.65 Å². The number of carboxylic acid groups (broad SMARTS) is 1. The Labute approximate surface area is 141 Å². The molecule has 0 aromatic carbocycles.